The van der Waals surface area contributed by atoms with E-state index in [-0.39, 0.29) is 29.9 Å². The van der Waals surface area contributed by atoms with Crippen LogP contribution < -0.4 is 15.4 Å². The van der Waals surface area contributed by atoms with E-state index in [0.717, 1.165) is 30.4 Å². The fourth-order valence-electron chi connectivity index (χ4n) is 2.82. The zero-order valence-corrected chi connectivity index (χ0v) is 19.0. The van der Waals surface area contributed by atoms with Crippen molar-refractivity contribution >= 4 is 53.3 Å². The number of ether oxygens (including phenoxy) is 1. The highest BCUT2D eigenvalue weighted by atomic mass is 127. The molecule has 146 valence electrons. The summed E-state index contributed by atoms with van der Waals surface area (Å²) >= 11 is 2.04. The molecule has 1 aromatic carbocycles. The monoisotopic (exact) mass is 492 g/mol. The summed E-state index contributed by atoms with van der Waals surface area (Å²) in [6, 6.07) is 5.79. The highest BCUT2D eigenvalue weighted by molar-refractivity contribution is 14.0. The van der Waals surface area contributed by atoms with Crippen molar-refractivity contribution in [3.05, 3.63) is 23.8 Å². The molecule has 0 spiro atoms. The van der Waals surface area contributed by atoms with E-state index in [1.165, 1.54) is 13.3 Å². The third-order valence-electron chi connectivity index (χ3n) is 4.13. The van der Waals surface area contributed by atoms with Gasteiger partial charge in [-0.2, -0.15) is 11.8 Å². The van der Waals surface area contributed by atoms with Gasteiger partial charge in [0.1, 0.15) is 5.75 Å². The molecule has 1 saturated heterocycles. The Morgan fingerprint density at radius 1 is 1.46 bits per heavy atom. The number of nitrogens with zero attached hydrogens (tertiary/aromatic N) is 2. The van der Waals surface area contributed by atoms with Gasteiger partial charge >= 0.3 is 0 Å². The van der Waals surface area contributed by atoms with Gasteiger partial charge in [-0.1, -0.05) is 13.0 Å². The Balaban J connectivity index is 0.00000338. The fourth-order valence-corrected chi connectivity index (χ4v) is 4.00. The summed E-state index contributed by atoms with van der Waals surface area (Å²) in [4.78, 5) is 18.1. The number of nitrogens with one attached hydrogen (secondary N) is 2. The number of hydrogen-bond acceptors (Lipinski definition) is 4. The lowest BCUT2D eigenvalue weighted by molar-refractivity contribution is -0.114. The summed E-state index contributed by atoms with van der Waals surface area (Å²) in [5.41, 5.74) is 1.74. The van der Waals surface area contributed by atoms with Crippen molar-refractivity contribution in [2.45, 2.75) is 32.1 Å². The van der Waals surface area contributed by atoms with Gasteiger partial charge in [-0.05, 0) is 24.1 Å². The van der Waals surface area contributed by atoms with Crippen molar-refractivity contribution in [1.82, 2.24) is 10.2 Å². The molecule has 1 heterocycles. The molecule has 1 unspecified atom stereocenters. The molecule has 1 fully saturated rings. The van der Waals surface area contributed by atoms with E-state index < -0.39 is 0 Å². The van der Waals surface area contributed by atoms with Gasteiger partial charge in [-0.15, -0.1) is 24.0 Å². The molecule has 26 heavy (non-hydrogen) atoms. The minimum atomic E-state index is -0.115. The van der Waals surface area contributed by atoms with Gasteiger partial charge in [0.2, 0.25) is 5.91 Å². The Kier molecular flexibility index (Phi) is 10.1. The summed E-state index contributed by atoms with van der Waals surface area (Å²) < 4.78 is 5.30. The minimum Gasteiger partial charge on any atom is -0.495 e. The van der Waals surface area contributed by atoms with Crippen LogP contribution in [0.5, 0.6) is 5.75 Å². The number of hydrogen-bond donors (Lipinski definition) is 2. The smallest absolute Gasteiger partial charge is 0.221 e. The molecule has 8 heteroatoms. The number of anilines is 1. The van der Waals surface area contributed by atoms with E-state index in [4.69, 9.17) is 4.74 Å². The first-order valence-corrected chi connectivity index (χ1v) is 9.64. The second-order valence-electron chi connectivity index (χ2n) is 5.96. The van der Waals surface area contributed by atoms with Crippen LogP contribution in [0.4, 0.5) is 5.69 Å². The van der Waals surface area contributed by atoms with Gasteiger partial charge < -0.3 is 20.3 Å². The van der Waals surface area contributed by atoms with Crippen LogP contribution >= 0.6 is 35.7 Å². The summed E-state index contributed by atoms with van der Waals surface area (Å²) in [6.07, 6.45) is 1.18. The quantitative estimate of drug-likeness (QED) is 0.376. The number of guanidine groups is 1. The molecule has 0 saturated carbocycles. The SMILES string of the molecule is CCC1CN(C(=NC)NCc2ccc(OC)c(NC(C)=O)c2)CCS1.I. The topological polar surface area (TPSA) is 66.0 Å². The maximum atomic E-state index is 11.4. The average molecular weight is 492 g/mol. The molecule has 0 aromatic heterocycles. The maximum absolute atomic E-state index is 11.4. The number of benzene rings is 1. The van der Waals surface area contributed by atoms with Crippen molar-refractivity contribution < 1.29 is 9.53 Å². The first kappa shape index (κ1) is 22.9. The molecule has 6 nitrogen and oxygen atoms in total. The lowest BCUT2D eigenvalue weighted by atomic mass is 10.2. The summed E-state index contributed by atoms with van der Waals surface area (Å²) in [5, 5.41) is 6.91. The predicted octanol–water partition coefficient (Wildman–Crippen LogP) is 3.17. The Morgan fingerprint density at radius 2 is 2.23 bits per heavy atom. The van der Waals surface area contributed by atoms with Gasteiger partial charge in [0.25, 0.3) is 0 Å². The van der Waals surface area contributed by atoms with Crippen molar-refractivity contribution in [2.24, 2.45) is 4.99 Å². The molecule has 0 bridgehead atoms. The van der Waals surface area contributed by atoms with E-state index >= 15 is 0 Å². The predicted molar refractivity (Wildman–Crippen MR) is 121 cm³/mol. The van der Waals surface area contributed by atoms with Crippen molar-refractivity contribution in [1.29, 1.82) is 0 Å². The molecule has 2 N–H and O–H groups in total. The minimum absolute atomic E-state index is 0. The lowest BCUT2D eigenvalue weighted by Crippen LogP contribution is -2.47. The Labute approximate surface area is 177 Å². The number of methoxy groups -OCH3 is 1. The van der Waals surface area contributed by atoms with Gasteiger partial charge in [0, 0.05) is 44.6 Å². The number of aliphatic imine (C=N–C) groups is 1. The van der Waals surface area contributed by atoms with E-state index in [0.29, 0.717) is 23.2 Å². The molecule has 0 aliphatic carbocycles. The summed E-state index contributed by atoms with van der Waals surface area (Å²) in [5.74, 6) is 2.60. The van der Waals surface area contributed by atoms with Crippen LogP contribution in [0.25, 0.3) is 0 Å². The van der Waals surface area contributed by atoms with Crippen LogP contribution in [0.2, 0.25) is 0 Å². The molecule has 1 aliphatic heterocycles. The largest absolute Gasteiger partial charge is 0.495 e. The van der Waals surface area contributed by atoms with Crippen molar-refractivity contribution in [2.75, 3.05) is 38.3 Å². The zero-order chi connectivity index (χ0) is 18.2. The number of thioether (sulfide) groups is 1. The second-order valence-corrected chi connectivity index (χ2v) is 7.37. The Morgan fingerprint density at radius 3 is 2.85 bits per heavy atom. The molecular weight excluding hydrogens is 463 g/mol. The van der Waals surface area contributed by atoms with Gasteiger partial charge in [-0.3, -0.25) is 9.79 Å². The van der Waals surface area contributed by atoms with Gasteiger partial charge in [0.15, 0.2) is 5.96 Å². The second kappa shape index (κ2) is 11.5. The zero-order valence-electron chi connectivity index (χ0n) is 15.9. The third-order valence-corrected chi connectivity index (χ3v) is 5.50. The summed E-state index contributed by atoms with van der Waals surface area (Å²) in [7, 11) is 3.42. The van der Waals surface area contributed by atoms with E-state index in [1.54, 1.807) is 7.11 Å². The van der Waals surface area contributed by atoms with Gasteiger partial charge in [0.05, 0.1) is 12.8 Å². The average Bonchev–Trinajstić information content (AvgIpc) is 2.62. The van der Waals surface area contributed by atoms with Crippen LogP contribution in [0.1, 0.15) is 25.8 Å². The molecular formula is C18H29IN4O2S. The number of amides is 1. The Bertz CT molecular complexity index is 627. The highest BCUT2D eigenvalue weighted by Crippen LogP contribution is 2.25. The lowest BCUT2D eigenvalue weighted by Gasteiger charge is -2.34. The maximum Gasteiger partial charge on any atom is 0.221 e. The number of rotatable bonds is 5. The number of halogens is 1. The van der Waals surface area contributed by atoms with Crippen LogP contribution in [-0.2, 0) is 11.3 Å². The molecule has 0 radical (unpaired) electrons. The first-order valence-electron chi connectivity index (χ1n) is 8.59. The normalized spacial score (nSPS) is 17.3. The molecule has 1 aliphatic rings. The first-order chi connectivity index (χ1) is 12.1. The Hall–Kier alpha value is -1.16. The van der Waals surface area contributed by atoms with Crippen LogP contribution in [0.3, 0.4) is 0 Å². The highest BCUT2D eigenvalue weighted by Gasteiger charge is 2.21. The molecule has 2 rings (SSSR count). The van der Waals surface area contributed by atoms with Crippen molar-refractivity contribution in [3.8, 4) is 5.75 Å². The van der Waals surface area contributed by atoms with Crippen LogP contribution in [0.15, 0.2) is 23.2 Å². The van der Waals surface area contributed by atoms with Crippen LogP contribution in [-0.4, -0.2) is 55.0 Å². The number of carbonyl (C=O) groups is 1. The summed E-state index contributed by atoms with van der Waals surface area (Å²) in [6.45, 7) is 6.41. The van der Waals surface area contributed by atoms with E-state index in [2.05, 4.69) is 27.4 Å². The van der Waals surface area contributed by atoms with Gasteiger partial charge in [-0.25, -0.2) is 0 Å². The molecule has 1 aromatic rings. The fraction of sp³-hybridized carbons (Fsp3) is 0.556. The van der Waals surface area contributed by atoms with E-state index in [9.17, 15) is 4.79 Å². The number of carbonyl (C=O) groups excluding carboxylic acids is 1. The van der Waals surface area contributed by atoms with Crippen molar-refractivity contribution in [3.63, 3.8) is 0 Å². The van der Waals surface area contributed by atoms with E-state index in [1.807, 2.05) is 37.0 Å². The third kappa shape index (κ3) is 6.53. The standard InChI is InChI=1S/C18H28N4O2S.HI/c1-5-15-12-22(8-9-25-15)18(19-3)20-11-14-6-7-17(24-4)16(10-14)21-13(2)23;/h6-7,10,15H,5,8-9,11-12H2,1-4H3,(H,19,20)(H,21,23);1H. The van der Waals surface area contributed by atoms with Crippen LogP contribution in [0, 0.1) is 0 Å². The molecule has 1 amide bonds. The molecule has 1 atom stereocenters.